The zero-order valence-electron chi connectivity index (χ0n) is 10.8. The second kappa shape index (κ2) is 5.75. The maximum atomic E-state index is 12.1. The monoisotopic (exact) mass is 387 g/mol. The highest BCUT2D eigenvalue weighted by Gasteiger charge is 2.37. The summed E-state index contributed by atoms with van der Waals surface area (Å²) >= 11 is 6.87. The molecule has 0 fully saturated rings. The molecule has 0 N–H and O–H groups in total. The third-order valence-corrected chi connectivity index (χ3v) is 4.82. The standard InChI is InChI=1S/C14H15Br2NO2/c1-8(2)9(6-15)7-17-12-5-10(16)3-4-11(12)13(18)14(17)19/h3-5,8-9H,6-7H2,1-2H3. The number of alkyl halides is 1. The average molecular weight is 389 g/mol. The Bertz CT molecular complexity index is 528. The molecular weight excluding hydrogens is 374 g/mol. The summed E-state index contributed by atoms with van der Waals surface area (Å²) in [5.74, 6) is -0.0561. The number of benzene rings is 1. The number of hydrogen-bond donors (Lipinski definition) is 0. The highest BCUT2D eigenvalue weighted by atomic mass is 79.9. The number of halogens is 2. The minimum absolute atomic E-state index is 0.321. The van der Waals surface area contributed by atoms with E-state index in [4.69, 9.17) is 0 Å². The summed E-state index contributed by atoms with van der Waals surface area (Å²) in [6, 6.07) is 5.33. The molecule has 1 heterocycles. The van der Waals surface area contributed by atoms with E-state index in [0.717, 1.165) is 15.5 Å². The first-order valence-electron chi connectivity index (χ1n) is 6.17. The number of rotatable bonds is 4. The number of carbonyl (C=O) groups excluding carboxylic acids is 2. The van der Waals surface area contributed by atoms with Crippen LogP contribution in [-0.4, -0.2) is 23.6 Å². The van der Waals surface area contributed by atoms with E-state index in [2.05, 4.69) is 45.7 Å². The number of fused-ring (bicyclic) bond motifs is 1. The summed E-state index contributed by atoms with van der Waals surface area (Å²) in [6.45, 7) is 4.81. The van der Waals surface area contributed by atoms with Crippen molar-refractivity contribution in [2.75, 3.05) is 16.8 Å². The predicted molar refractivity (Wildman–Crippen MR) is 82.9 cm³/mol. The van der Waals surface area contributed by atoms with Crippen molar-refractivity contribution in [3.63, 3.8) is 0 Å². The lowest BCUT2D eigenvalue weighted by molar-refractivity contribution is -0.114. The number of anilines is 1. The van der Waals surface area contributed by atoms with E-state index in [0.29, 0.717) is 23.9 Å². The Hall–Kier alpha value is -0.680. The van der Waals surface area contributed by atoms with Crippen LogP contribution in [0, 0.1) is 11.8 Å². The van der Waals surface area contributed by atoms with Gasteiger partial charge in [-0.1, -0.05) is 45.7 Å². The lowest BCUT2D eigenvalue weighted by atomic mass is 9.97. The van der Waals surface area contributed by atoms with E-state index in [1.54, 1.807) is 17.0 Å². The van der Waals surface area contributed by atoms with E-state index < -0.39 is 11.7 Å². The van der Waals surface area contributed by atoms with Crippen molar-refractivity contribution < 1.29 is 9.59 Å². The largest absolute Gasteiger partial charge is 0.304 e. The topological polar surface area (TPSA) is 37.4 Å². The fourth-order valence-electron chi connectivity index (χ4n) is 2.12. The predicted octanol–water partition coefficient (Wildman–Crippen LogP) is 3.65. The van der Waals surface area contributed by atoms with Crippen molar-refractivity contribution in [2.45, 2.75) is 13.8 Å². The highest BCUT2D eigenvalue weighted by Crippen LogP contribution is 2.33. The van der Waals surface area contributed by atoms with E-state index in [9.17, 15) is 9.59 Å². The summed E-state index contributed by atoms with van der Waals surface area (Å²) in [5.41, 5.74) is 1.22. The van der Waals surface area contributed by atoms with E-state index in [1.807, 2.05) is 6.07 Å². The van der Waals surface area contributed by atoms with Gasteiger partial charge in [0.15, 0.2) is 0 Å². The Morgan fingerprint density at radius 3 is 2.53 bits per heavy atom. The summed E-state index contributed by atoms with van der Waals surface area (Å²) in [6.07, 6.45) is 0. The van der Waals surface area contributed by atoms with Gasteiger partial charge in [0, 0.05) is 16.3 Å². The van der Waals surface area contributed by atoms with Crippen molar-refractivity contribution in [1.29, 1.82) is 0 Å². The van der Waals surface area contributed by atoms with Gasteiger partial charge in [0.05, 0.1) is 11.3 Å². The smallest absolute Gasteiger partial charge is 0.299 e. The molecule has 102 valence electrons. The highest BCUT2D eigenvalue weighted by molar-refractivity contribution is 9.10. The summed E-state index contributed by atoms with van der Waals surface area (Å²) in [7, 11) is 0. The molecule has 2 rings (SSSR count). The van der Waals surface area contributed by atoms with E-state index >= 15 is 0 Å². The molecule has 1 atom stereocenters. The first-order chi connectivity index (χ1) is 8.95. The molecule has 1 aromatic rings. The van der Waals surface area contributed by atoms with Crippen LogP contribution < -0.4 is 4.90 Å². The molecule has 0 radical (unpaired) electrons. The first kappa shape index (κ1) is 14.7. The van der Waals surface area contributed by atoms with Gasteiger partial charge in [-0.05, 0) is 30.0 Å². The molecule has 1 unspecified atom stereocenters. The van der Waals surface area contributed by atoms with Crippen LogP contribution in [0.25, 0.3) is 0 Å². The number of nitrogens with zero attached hydrogens (tertiary/aromatic N) is 1. The van der Waals surface area contributed by atoms with Gasteiger partial charge in [-0.15, -0.1) is 0 Å². The van der Waals surface area contributed by atoms with Gasteiger partial charge < -0.3 is 4.90 Å². The molecule has 0 saturated heterocycles. The SMILES string of the molecule is CC(C)C(CBr)CN1C(=O)C(=O)c2ccc(Br)cc21. The maximum absolute atomic E-state index is 12.1. The van der Waals surface area contributed by atoms with Gasteiger partial charge >= 0.3 is 0 Å². The van der Waals surface area contributed by atoms with Crippen molar-refractivity contribution in [3.05, 3.63) is 28.2 Å². The molecule has 19 heavy (non-hydrogen) atoms. The quantitative estimate of drug-likeness (QED) is 0.583. The van der Waals surface area contributed by atoms with Gasteiger partial charge in [-0.3, -0.25) is 9.59 Å². The summed E-state index contributed by atoms with van der Waals surface area (Å²) in [5, 5.41) is 0.811. The van der Waals surface area contributed by atoms with Gasteiger partial charge in [0.1, 0.15) is 0 Å². The molecule has 5 heteroatoms. The van der Waals surface area contributed by atoms with Crippen LogP contribution >= 0.6 is 31.9 Å². The number of amides is 1. The fraction of sp³-hybridized carbons (Fsp3) is 0.429. The lowest BCUT2D eigenvalue weighted by Crippen LogP contribution is -2.36. The van der Waals surface area contributed by atoms with Gasteiger partial charge in [0.25, 0.3) is 11.7 Å². The second-order valence-corrected chi connectivity index (χ2v) is 6.63. The van der Waals surface area contributed by atoms with Crippen LogP contribution in [0.2, 0.25) is 0 Å². The van der Waals surface area contributed by atoms with E-state index in [-0.39, 0.29) is 0 Å². The van der Waals surface area contributed by atoms with Crippen LogP contribution in [0.4, 0.5) is 5.69 Å². The van der Waals surface area contributed by atoms with Crippen LogP contribution in [-0.2, 0) is 4.79 Å². The summed E-state index contributed by atoms with van der Waals surface area (Å²) in [4.78, 5) is 25.6. The number of Topliss-reactive ketones (excluding diaryl/α,β-unsaturated/α-hetero) is 1. The molecule has 3 nitrogen and oxygen atoms in total. The average Bonchev–Trinajstić information content (AvgIpc) is 2.59. The van der Waals surface area contributed by atoms with Crippen molar-refractivity contribution in [1.82, 2.24) is 0 Å². The molecule has 0 aliphatic carbocycles. The molecule has 0 saturated carbocycles. The van der Waals surface area contributed by atoms with Gasteiger partial charge in [-0.2, -0.15) is 0 Å². The Morgan fingerprint density at radius 2 is 1.95 bits per heavy atom. The molecule has 1 aliphatic rings. The molecule has 0 aromatic heterocycles. The van der Waals surface area contributed by atoms with Crippen LogP contribution in [0.3, 0.4) is 0 Å². The van der Waals surface area contributed by atoms with Crippen LogP contribution in [0.1, 0.15) is 24.2 Å². The van der Waals surface area contributed by atoms with Crippen molar-refractivity contribution in [3.8, 4) is 0 Å². The van der Waals surface area contributed by atoms with Crippen LogP contribution in [0.15, 0.2) is 22.7 Å². The maximum Gasteiger partial charge on any atom is 0.299 e. The Morgan fingerprint density at radius 1 is 1.26 bits per heavy atom. The normalized spacial score (nSPS) is 16.2. The zero-order chi connectivity index (χ0) is 14.2. The van der Waals surface area contributed by atoms with E-state index in [1.165, 1.54) is 0 Å². The molecule has 0 spiro atoms. The molecule has 0 bridgehead atoms. The third-order valence-electron chi connectivity index (χ3n) is 3.49. The third kappa shape index (κ3) is 2.77. The molecule has 1 aliphatic heterocycles. The Balaban J connectivity index is 2.35. The van der Waals surface area contributed by atoms with Crippen molar-refractivity contribution in [2.24, 2.45) is 11.8 Å². The minimum Gasteiger partial charge on any atom is -0.304 e. The molecule has 1 amide bonds. The number of carbonyl (C=O) groups is 2. The Labute approximate surface area is 129 Å². The zero-order valence-corrected chi connectivity index (χ0v) is 14.0. The molecular formula is C14H15Br2NO2. The lowest BCUT2D eigenvalue weighted by Gasteiger charge is -2.25. The Kier molecular flexibility index (Phi) is 4.46. The van der Waals surface area contributed by atoms with Gasteiger partial charge in [-0.25, -0.2) is 0 Å². The van der Waals surface area contributed by atoms with Crippen LogP contribution in [0.5, 0.6) is 0 Å². The van der Waals surface area contributed by atoms with Crippen molar-refractivity contribution >= 4 is 49.2 Å². The van der Waals surface area contributed by atoms with Gasteiger partial charge in [0.2, 0.25) is 0 Å². The minimum atomic E-state index is -0.417. The summed E-state index contributed by atoms with van der Waals surface area (Å²) < 4.78 is 0.874. The first-order valence-corrected chi connectivity index (χ1v) is 8.08. The second-order valence-electron chi connectivity index (χ2n) is 5.06. The fourth-order valence-corrected chi connectivity index (χ4v) is 3.42. The number of ketones is 1. The number of hydrogen-bond acceptors (Lipinski definition) is 2. The molecule has 1 aromatic carbocycles.